The molecule has 0 unspecified atom stereocenters. The first-order chi connectivity index (χ1) is 9.35. The summed E-state index contributed by atoms with van der Waals surface area (Å²) in [5, 5.41) is 0.607. The number of nitrogens with zero attached hydrogens (tertiary/aromatic N) is 3. The van der Waals surface area contributed by atoms with E-state index in [9.17, 15) is 4.79 Å². The van der Waals surface area contributed by atoms with E-state index in [-0.39, 0.29) is 22.3 Å². The Balaban J connectivity index is 2.14. The molecule has 0 saturated heterocycles. The predicted octanol–water partition coefficient (Wildman–Crippen LogP) is 2.94. The second kappa shape index (κ2) is 5.88. The first kappa shape index (κ1) is 15.5. The molecule has 6 heteroatoms. The molecule has 0 radical (unpaired) electrons. The number of hydrogen-bond donors (Lipinski definition) is 0. The van der Waals surface area contributed by atoms with Crippen LogP contribution in [0.3, 0.4) is 0 Å². The molecular formula is C14H19Cl2N3O. The van der Waals surface area contributed by atoms with E-state index in [2.05, 4.69) is 24.0 Å². The fourth-order valence-corrected chi connectivity index (χ4v) is 2.93. The largest absolute Gasteiger partial charge is 0.338 e. The molecular weight excluding hydrogens is 297 g/mol. The highest BCUT2D eigenvalue weighted by molar-refractivity contribution is 6.34. The molecule has 110 valence electrons. The average molecular weight is 316 g/mol. The quantitative estimate of drug-likeness (QED) is 0.801. The van der Waals surface area contributed by atoms with Crippen molar-refractivity contribution in [2.75, 3.05) is 27.7 Å². The molecule has 1 aromatic rings. The average Bonchev–Trinajstić information content (AvgIpc) is 2.35. The third-order valence-electron chi connectivity index (χ3n) is 4.13. The summed E-state index contributed by atoms with van der Waals surface area (Å²) in [5.74, 6) is -0.189. The van der Waals surface area contributed by atoms with Crippen molar-refractivity contribution in [1.82, 2.24) is 14.8 Å². The molecule has 0 bridgehead atoms. The van der Waals surface area contributed by atoms with Crippen molar-refractivity contribution in [1.29, 1.82) is 0 Å². The van der Waals surface area contributed by atoms with Crippen molar-refractivity contribution in [2.45, 2.75) is 24.8 Å². The van der Waals surface area contributed by atoms with E-state index in [4.69, 9.17) is 23.2 Å². The van der Waals surface area contributed by atoms with E-state index >= 15 is 0 Å². The number of rotatable bonds is 4. The van der Waals surface area contributed by atoms with Crippen LogP contribution < -0.4 is 0 Å². The Morgan fingerprint density at radius 2 is 1.95 bits per heavy atom. The highest BCUT2D eigenvalue weighted by Crippen LogP contribution is 2.36. The summed E-state index contributed by atoms with van der Waals surface area (Å²) in [6, 6.07) is 3.18. The van der Waals surface area contributed by atoms with Crippen LogP contribution in [0.1, 0.15) is 29.8 Å². The van der Waals surface area contributed by atoms with Crippen molar-refractivity contribution < 1.29 is 4.79 Å². The monoisotopic (exact) mass is 315 g/mol. The lowest BCUT2D eigenvalue weighted by Gasteiger charge is -2.49. The molecule has 0 spiro atoms. The fraction of sp³-hybridized carbons (Fsp3) is 0.571. The van der Waals surface area contributed by atoms with Gasteiger partial charge in [0.05, 0.1) is 5.02 Å². The van der Waals surface area contributed by atoms with Crippen LogP contribution in [0.25, 0.3) is 0 Å². The number of likely N-dealkylation sites (N-methyl/N-ethyl adjacent to an activating group) is 2. The summed E-state index contributed by atoms with van der Waals surface area (Å²) in [7, 11) is 5.90. The number of amides is 1. The SMILES string of the molecule is CN(CC1(N(C)C)CCC1)C(=O)c1nc(Cl)ccc1Cl. The minimum atomic E-state index is -0.189. The molecule has 0 N–H and O–H groups in total. The Hall–Kier alpha value is -0.840. The van der Waals surface area contributed by atoms with E-state index in [0.717, 1.165) is 12.8 Å². The lowest BCUT2D eigenvalue weighted by Crippen LogP contribution is -2.57. The fourth-order valence-electron chi connectivity index (χ4n) is 2.59. The number of pyridine rings is 1. The third kappa shape index (κ3) is 2.92. The van der Waals surface area contributed by atoms with Crippen molar-refractivity contribution in [2.24, 2.45) is 0 Å². The van der Waals surface area contributed by atoms with E-state index < -0.39 is 0 Å². The maximum Gasteiger partial charge on any atom is 0.273 e. The van der Waals surface area contributed by atoms with E-state index in [1.807, 2.05) is 0 Å². The van der Waals surface area contributed by atoms with E-state index in [1.54, 1.807) is 24.1 Å². The van der Waals surface area contributed by atoms with Gasteiger partial charge in [0.1, 0.15) is 10.8 Å². The highest BCUT2D eigenvalue weighted by Gasteiger charge is 2.41. The van der Waals surface area contributed by atoms with Gasteiger partial charge in [-0.1, -0.05) is 23.2 Å². The van der Waals surface area contributed by atoms with Crippen LogP contribution in [0, 0.1) is 0 Å². The topological polar surface area (TPSA) is 36.4 Å². The molecule has 2 rings (SSSR count). The van der Waals surface area contributed by atoms with Gasteiger partial charge in [-0.2, -0.15) is 0 Å². The number of carbonyl (C=O) groups is 1. The lowest BCUT2D eigenvalue weighted by molar-refractivity contribution is 0.0250. The molecule has 1 saturated carbocycles. The van der Waals surface area contributed by atoms with Crippen LogP contribution in [-0.2, 0) is 0 Å². The van der Waals surface area contributed by atoms with Crippen LogP contribution in [0.15, 0.2) is 12.1 Å². The minimum absolute atomic E-state index is 0.0788. The van der Waals surface area contributed by atoms with Gasteiger partial charge in [-0.05, 0) is 45.5 Å². The normalized spacial score (nSPS) is 16.9. The summed E-state index contributed by atoms with van der Waals surface area (Å²) in [6.45, 7) is 0.670. The number of halogens is 2. The van der Waals surface area contributed by atoms with Crippen LogP contribution in [0.4, 0.5) is 0 Å². The molecule has 1 aliphatic rings. The smallest absolute Gasteiger partial charge is 0.273 e. The molecule has 1 aromatic heterocycles. The van der Waals surface area contributed by atoms with Gasteiger partial charge in [-0.3, -0.25) is 4.79 Å². The van der Waals surface area contributed by atoms with E-state index in [0.29, 0.717) is 11.6 Å². The Kier molecular flexibility index (Phi) is 4.57. The summed E-state index contributed by atoms with van der Waals surface area (Å²) in [6.07, 6.45) is 3.42. The van der Waals surface area contributed by atoms with Crippen LogP contribution in [-0.4, -0.2) is 53.9 Å². The second-order valence-electron chi connectivity index (χ2n) is 5.60. The van der Waals surface area contributed by atoms with E-state index in [1.165, 1.54) is 6.42 Å². The molecule has 1 aliphatic carbocycles. The molecule has 1 amide bonds. The summed E-state index contributed by atoms with van der Waals surface area (Å²) < 4.78 is 0. The molecule has 0 aliphatic heterocycles. The zero-order valence-corrected chi connectivity index (χ0v) is 13.5. The Morgan fingerprint density at radius 1 is 1.30 bits per heavy atom. The minimum Gasteiger partial charge on any atom is -0.338 e. The molecule has 4 nitrogen and oxygen atoms in total. The van der Waals surface area contributed by atoms with Crippen LogP contribution in [0.2, 0.25) is 10.2 Å². The Morgan fingerprint density at radius 3 is 2.45 bits per heavy atom. The third-order valence-corrected chi connectivity index (χ3v) is 4.64. The number of carbonyl (C=O) groups excluding carboxylic acids is 1. The summed E-state index contributed by atoms with van der Waals surface area (Å²) in [5.41, 5.74) is 0.296. The van der Waals surface area contributed by atoms with Gasteiger partial charge in [0.25, 0.3) is 5.91 Å². The first-order valence-corrected chi connectivity index (χ1v) is 7.36. The maximum atomic E-state index is 12.5. The molecule has 0 aromatic carbocycles. The highest BCUT2D eigenvalue weighted by atomic mass is 35.5. The van der Waals surface area contributed by atoms with Gasteiger partial charge in [0.15, 0.2) is 0 Å². The van der Waals surface area contributed by atoms with Gasteiger partial charge in [-0.25, -0.2) is 4.98 Å². The van der Waals surface area contributed by atoms with Crippen LogP contribution >= 0.6 is 23.2 Å². The molecule has 20 heavy (non-hydrogen) atoms. The maximum absolute atomic E-state index is 12.5. The van der Waals surface area contributed by atoms with Gasteiger partial charge in [-0.15, -0.1) is 0 Å². The second-order valence-corrected chi connectivity index (χ2v) is 6.39. The van der Waals surface area contributed by atoms with Crippen molar-refractivity contribution in [3.63, 3.8) is 0 Å². The standard InChI is InChI=1S/C14H19Cl2N3O/c1-18(2)14(7-4-8-14)9-19(3)13(20)12-10(15)5-6-11(16)17-12/h5-6H,4,7-9H2,1-3H3. The number of aromatic nitrogens is 1. The van der Waals surface area contributed by atoms with Gasteiger partial charge >= 0.3 is 0 Å². The number of hydrogen-bond acceptors (Lipinski definition) is 3. The van der Waals surface area contributed by atoms with Gasteiger partial charge < -0.3 is 9.80 Å². The van der Waals surface area contributed by atoms with Gasteiger partial charge in [0, 0.05) is 19.1 Å². The van der Waals surface area contributed by atoms with Crippen molar-refractivity contribution in [3.05, 3.63) is 28.0 Å². The summed E-state index contributed by atoms with van der Waals surface area (Å²) >= 11 is 11.9. The van der Waals surface area contributed by atoms with Gasteiger partial charge in [0.2, 0.25) is 0 Å². The van der Waals surface area contributed by atoms with Crippen LogP contribution in [0.5, 0.6) is 0 Å². The Bertz CT molecular complexity index is 515. The predicted molar refractivity (Wildman–Crippen MR) is 81.5 cm³/mol. The summed E-state index contributed by atoms with van der Waals surface area (Å²) in [4.78, 5) is 20.4. The first-order valence-electron chi connectivity index (χ1n) is 6.61. The Labute approximate surface area is 129 Å². The lowest BCUT2D eigenvalue weighted by atomic mass is 9.75. The van der Waals surface area contributed by atoms with Crippen molar-refractivity contribution in [3.8, 4) is 0 Å². The molecule has 0 atom stereocenters. The van der Waals surface area contributed by atoms with Crippen molar-refractivity contribution >= 4 is 29.1 Å². The zero-order valence-electron chi connectivity index (χ0n) is 12.0. The molecule has 1 fully saturated rings. The molecule has 1 heterocycles. The zero-order chi connectivity index (χ0) is 14.9.